The molecular weight excluding hydrogens is 281 g/mol. The molecular formula is C13H12FN3O2S. The van der Waals surface area contributed by atoms with Crippen LogP contribution in [0.15, 0.2) is 35.8 Å². The van der Waals surface area contributed by atoms with Crippen molar-refractivity contribution in [3.63, 3.8) is 0 Å². The van der Waals surface area contributed by atoms with Crippen LogP contribution >= 0.6 is 11.3 Å². The van der Waals surface area contributed by atoms with Gasteiger partial charge in [-0.15, -0.1) is 11.3 Å². The second kappa shape index (κ2) is 6.76. The molecule has 1 aromatic heterocycles. The molecule has 2 N–H and O–H groups in total. The number of carbonyl (C=O) groups excluding carboxylic acids is 2. The summed E-state index contributed by atoms with van der Waals surface area (Å²) < 4.78 is 12.7. The highest BCUT2D eigenvalue weighted by atomic mass is 32.1. The summed E-state index contributed by atoms with van der Waals surface area (Å²) in [6.45, 7) is 0. The van der Waals surface area contributed by atoms with Gasteiger partial charge >= 0.3 is 0 Å². The zero-order chi connectivity index (χ0) is 14.4. The van der Waals surface area contributed by atoms with Crippen LogP contribution in [0, 0.1) is 5.82 Å². The van der Waals surface area contributed by atoms with Crippen LogP contribution in [-0.4, -0.2) is 16.8 Å². The van der Waals surface area contributed by atoms with Gasteiger partial charge in [-0.25, -0.2) is 9.37 Å². The molecule has 2 aromatic rings. The largest absolute Gasteiger partial charge is 0.326 e. The summed E-state index contributed by atoms with van der Waals surface area (Å²) in [6.07, 6.45) is 1.70. The van der Waals surface area contributed by atoms with Crippen molar-refractivity contribution in [2.24, 2.45) is 0 Å². The minimum atomic E-state index is -0.370. The van der Waals surface area contributed by atoms with Crippen molar-refractivity contribution < 1.29 is 14.0 Å². The van der Waals surface area contributed by atoms with Crippen molar-refractivity contribution in [1.82, 2.24) is 4.98 Å². The van der Waals surface area contributed by atoms with Gasteiger partial charge in [-0.1, -0.05) is 0 Å². The van der Waals surface area contributed by atoms with Gasteiger partial charge < -0.3 is 10.6 Å². The van der Waals surface area contributed by atoms with E-state index >= 15 is 0 Å². The summed E-state index contributed by atoms with van der Waals surface area (Å²) in [4.78, 5) is 27.1. The zero-order valence-corrected chi connectivity index (χ0v) is 11.2. The zero-order valence-electron chi connectivity index (χ0n) is 10.4. The molecule has 2 rings (SSSR count). The quantitative estimate of drug-likeness (QED) is 0.890. The number of hydrogen-bond acceptors (Lipinski definition) is 4. The summed E-state index contributed by atoms with van der Waals surface area (Å²) in [5.74, 6) is -0.939. The van der Waals surface area contributed by atoms with Crippen molar-refractivity contribution in [2.45, 2.75) is 12.8 Å². The molecule has 0 spiro atoms. The molecule has 0 aliphatic heterocycles. The van der Waals surface area contributed by atoms with Crippen LogP contribution in [0.5, 0.6) is 0 Å². The van der Waals surface area contributed by atoms with E-state index in [9.17, 15) is 14.0 Å². The Hall–Kier alpha value is -2.28. The fraction of sp³-hybridized carbons (Fsp3) is 0.154. The topological polar surface area (TPSA) is 71.1 Å². The Morgan fingerprint density at radius 3 is 2.35 bits per heavy atom. The van der Waals surface area contributed by atoms with E-state index in [-0.39, 0.29) is 30.5 Å². The third kappa shape index (κ3) is 4.43. The standard InChI is InChI=1S/C13H12FN3O2S/c14-9-1-3-10(4-2-9)16-11(18)5-6-12(19)17-13-15-7-8-20-13/h1-4,7-8H,5-6H2,(H,16,18)(H,15,17,19). The molecule has 2 amide bonds. The first-order valence-electron chi connectivity index (χ1n) is 5.88. The third-order valence-electron chi connectivity index (χ3n) is 2.39. The Morgan fingerprint density at radius 2 is 1.75 bits per heavy atom. The highest BCUT2D eigenvalue weighted by Crippen LogP contribution is 2.12. The Kier molecular flexibility index (Phi) is 4.78. The van der Waals surface area contributed by atoms with Crippen LogP contribution in [0.1, 0.15) is 12.8 Å². The monoisotopic (exact) mass is 293 g/mol. The van der Waals surface area contributed by atoms with E-state index in [1.54, 1.807) is 11.6 Å². The minimum Gasteiger partial charge on any atom is -0.326 e. The lowest BCUT2D eigenvalue weighted by molar-refractivity contribution is -0.121. The van der Waals surface area contributed by atoms with Crippen LogP contribution in [0.3, 0.4) is 0 Å². The number of nitrogens with zero attached hydrogens (tertiary/aromatic N) is 1. The van der Waals surface area contributed by atoms with Gasteiger partial charge in [-0.3, -0.25) is 9.59 Å². The molecule has 0 radical (unpaired) electrons. The molecule has 0 saturated carbocycles. The number of halogens is 1. The summed E-state index contributed by atoms with van der Waals surface area (Å²) in [6, 6.07) is 5.43. The Balaban J connectivity index is 1.74. The smallest absolute Gasteiger partial charge is 0.226 e. The Morgan fingerprint density at radius 1 is 1.10 bits per heavy atom. The highest BCUT2D eigenvalue weighted by Gasteiger charge is 2.08. The molecule has 7 heteroatoms. The first-order valence-corrected chi connectivity index (χ1v) is 6.76. The number of aromatic nitrogens is 1. The maximum atomic E-state index is 12.7. The molecule has 20 heavy (non-hydrogen) atoms. The van der Waals surface area contributed by atoms with Crippen LogP contribution in [0.4, 0.5) is 15.2 Å². The van der Waals surface area contributed by atoms with Crippen molar-refractivity contribution >= 4 is 34.0 Å². The number of anilines is 2. The predicted octanol–water partition coefficient (Wildman–Crippen LogP) is 2.64. The summed E-state index contributed by atoms with van der Waals surface area (Å²) in [5, 5.41) is 7.43. The van der Waals surface area contributed by atoms with Crippen molar-refractivity contribution in [3.05, 3.63) is 41.7 Å². The van der Waals surface area contributed by atoms with E-state index in [1.807, 2.05) is 0 Å². The van der Waals surface area contributed by atoms with Crippen LogP contribution in [0.25, 0.3) is 0 Å². The van der Waals surface area contributed by atoms with Gasteiger partial charge in [0.05, 0.1) is 0 Å². The third-order valence-corrected chi connectivity index (χ3v) is 3.07. The molecule has 0 saturated heterocycles. The lowest BCUT2D eigenvalue weighted by Crippen LogP contribution is -2.17. The van der Waals surface area contributed by atoms with Crippen molar-refractivity contribution in [1.29, 1.82) is 0 Å². The maximum Gasteiger partial charge on any atom is 0.226 e. The second-order valence-electron chi connectivity index (χ2n) is 3.94. The number of hydrogen-bond donors (Lipinski definition) is 2. The van der Waals surface area contributed by atoms with E-state index in [0.29, 0.717) is 10.8 Å². The molecule has 104 valence electrons. The molecule has 0 aliphatic carbocycles. The van der Waals surface area contributed by atoms with Gasteiger partial charge in [0.1, 0.15) is 5.82 Å². The summed E-state index contributed by atoms with van der Waals surface area (Å²) in [5.41, 5.74) is 0.497. The predicted molar refractivity (Wildman–Crippen MR) is 75.0 cm³/mol. The SMILES string of the molecule is O=C(CCC(=O)Nc1nccs1)Nc1ccc(F)cc1. The van der Waals surface area contributed by atoms with Crippen LogP contribution in [-0.2, 0) is 9.59 Å². The number of rotatable bonds is 5. The van der Waals surface area contributed by atoms with Gasteiger partial charge in [-0.05, 0) is 24.3 Å². The van der Waals surface area contributed by atoms with Crippen molar-refractivity contribution in [2.75, 3.05) is 10.6 Å². The Labute approximate surface area is 118 Å². The molecule has 1 aromatic carbocycles. The van der Waals surface area contributed by atoms with Crippen LogP contribution in [0.2, 0.25) is 0 Å². The van der Waals surface area contributed by atoms with E-state index in [0.717, 1.165) is 0 Å². The van der Waals surface area contributed by atoms with Gasteiger partial charge in [0.25, 0.3) is 0 Å². The van der Waals surface area contributed by atoms with Crippen LogP contribution < -0.4 is 10.6 Å². The number of nitrogens with one attached hydrogen (secondary N) is 2. The molecule has 0 bridgehead atoms. The van der Waals surface area contributed by atoms with Crippen molar-refractivity contribution in [3.8, 4) is 0 Å². The van der Waals surface area contributed by atoms with Gasteiger partial charge in [0, 0.05) is 30.1 Å². The normalized spacial score (nSPS) is 10.1. The molecule has 0 fully saturated rings. The van der Waals surface area contributed by atoms with Gasteiger partial charge in [-0.2, -0.15) is 0 Å². The first-order chi connectivity index (χ1) is 9.63. The average molecular weight is 293 g/mol. The lowest BCUT2D eigenvalue weighted by Gasteiger charge is -2.05. The fourth-order valence-corrected chi connectivity index (χ4v) is 2.00. The summed E-state index contributed by atoms with van der Waals surface area (Å²) in [7, 11) is 0. The van der Waals surface area contributed by atoms with E-state index in [4.69, 9.17) is 0 Å². The maximum absolute atomic E-state index is 12.7. The van der Waals surface area contributed by atoms with Gasteiger partial charge in [0.15, 0.2) is 5.13 Å². The minimum absolute atomic E-state index is 0.0502. The number of amides is 2. The van der Waals surface area contributed by atoms with E-state index in [1.165, 1.54) is 35.6 Å². The second-order valence-corrected chi connectivity index (χ2v) is 4.84. The molecule has 0 aliphatic rings. The molecule has 1 heterocycles. The highest BCUT2D eigenvalue weighted by molar-refractivity contribution is 7.13. The Bertz CT molecular complexity index is 584. The number of thiazole rings is 1. The van der Waals surface area contributed by atoms with Gasteiger partial charge in [0.2, 0.25) is 11.8 Å². The average Bonchev–Trinajstić information content (AvgIpc) is 2.92. The lowest BCUT2D eigenvalue weighted by atomic mass is 10.2. The molecule has 0 atom stereocenters. The summed E-state index contributed by atoms with van der Waals surface area (Å²) >= 11 is 1.31. The first kappa shape index (κ1) is 14.1. The number of benzene rings is 1. The number of carbonyl (C=O) groups is 2. The fourth-order valence-electron chi connectivity index (χ4n) is 1.45. The van der Waals surface area contributed by atoms with E-state index < -0.39 is 0 Å². The van der Waals surface area contributed by atoms with E-state index in [2.05, 4.69) is 15.6 Å². The molecule has 5 nitrogen and oxygen atoms in total. The molecule has 0 unspecified atom stereocenters.